The normalized spacial score (nSPS) is 17.6. The fraction of sp³-hybridized carbons (Fsp3) is 0.444. The lowest BCUT2D eigenvalue weighted by molar-refractivity contribution is -0.128. The van der Waals surface area contributed by atoms with E-state index in [9.17, 15) is 14.0 Å². The highest BCUT2D eigenvalue weighted by atomic mass is 32.1. The van der Waals surface area contributed by atoms with Crippen molar-refractivity contribution in [3.8, 4) is 0 Å². The summed E-state index contributed by atoms with van der Waals surface area (Å²) in [6.07, 6.45) is 0.165. The zero-order valence-electron chi connectivity index (χ0n) is 15.0. The highest BCUT2D eigenvalue weighted by Crippen LogP contribution is 2.28. The van der Waals surface area contributed by atoms with Gasteiger partial charge in [0.05, 0.1) is 5.92 Å². The molecule has 1 aliphatic heterocycles. The van der Waals surface area contributed by atoms with E-state index in [2.05, 4.69) is 15.5 Å². The minimum Gasteiger partial charge on any atom is -0.338 e. The number of anilines is 1. The number of carbonyl (C=O) groups is 2. The van der Waals surface area contributed by atoms with Gasteiger partial charge in [0.15, 0.2) is 0 Å². The number of carbonyl (C=O) groups excluding carboxylic acids is 2. The smallest absolute Gasteiger partial charge is 0.231 e. The molecule has 1 fully saturated rings. The number of rotatable bonds is 4. The lowest BCUT2D eigenvalue weighted by atomic mass is 9.98. The Hall–Kier alpha value is -2.35. The lowest BCUT2D eigenvalue weighted by Gasteiger charge is -2.16. The Kier molecular flexibility index (Phi) is 5.04. The maximum Gasteiger partial charge on any atom is 0.231 e. The molecule has 26 heavy (non-hydrogen) atoms. The van der Waals surface area contributed by atoms with E-state index in [1.807, 2.05) is 20.8 Å². The summed E-state index contributed by atoms with van der Waals surface area (Å²) in [6.45, 7) is 6.80. The number of hydrogen-bond acceptors (Lipinski definition) is 5. The van der Waals surface area contributed by atoms with Crippen molar-refractivity contribution in [1.82, 2.24) is 15.1 Å². The second-order valence-electron chi connectivity index (χ2n) is 7.45. The predicted octanol–water partition coefficient (Wildman–Crippen LogP) is 2.96. The van der Waals surface area contributed by atoms with Gasteiger partial charge < -0.3 is 10.2 Å². The summed E-state index contributed by atoms with van der Waals surface area (Å²) in [6, 6.07) is 6.02. The number of likely N-dealkylation sites (tertiary alicyclic amines) is 1. The van der Waals surface area contributed by atoms with Gasteiger partial charge in [-0.15, -0.1) is 10.2 Å². The third-order valence-electron chi connectivity index (χ3n) is 4.17. The third-order valence-corrected chi connectivity index (χ3v) is 5.43. The van der Waals surface area contributed by atoms with Gasteiger partial charge in [-0.1, -0.05) is 44.2 Å². The predicted molar refractivity (Wildman–Crippen MR) is 97.2 cm³/mol. The maximum atomic E-state index is 13.0. The largest absolute Gasteiger partial charge is 0.338 e. The number of benzene rings is 1. The summed E-state index contributed by atoms with van der Waals surface area (Å²) in [5.74, 6) is -1.05. The van der Waals surface area contributed by atoms with Crippen LogP contribution in [0.4, 0.5) is 9.52 Å². The topological polar surface area (TPSA) is 75.2 Å². The van der Waals surface area contributed by atoms with Crippen LogP contribution in [0.3, 0.4) is 0 Å². The number of nitrogens with one attached hydrogen (secondary N) is 1. The van der Waals surface area contributed by atoms with Crippen LogP contribution < -0.4 is 5.32 Å². The zero-order valence-corrected chi connectivity index (χ0v) is 15.8. The van der Waals surface area contributed by atoms with Crippen LogP contribution in [0, 0.1) is 11.7 Å². The minimum absolute atomic E-state index is 0.0814. The van der Waals surface area contributed by atoms with Gasteiger partial charge in [-0.3, -0.25) is 9.59 Å². The first kappa shape index (κ1) is 18.4. The molecule has 1 N–H and O–H groups in total. The van der Waals surface area contributed by atoms with Gasteiger partial charge in [-0.2, -0.15) is 0 Å². The molecule has 2 aromatic rings. The number of halogens is 1. The standard InChI is InChI=1S/C18H21FN4O2S/c1-18(2,3)16-21-22-17(26-16)20-15(25)12-8-14(24)23(10-12)9-11-4-6-13(19)7-5-11/h4-7,12H,8-10H2,1-3H3,(H,20,22,25). The molecule has 0 aliphatic carbocycles. The minimum atomic E-state index is -0.426. The Balaban J connectivity index is 1.60. The summed E-state index contributed by atoms with van der Waals surface area (Å²) >= 11 is 1.34. The Bertz CT molecular complexity index is 813. The van der Waals surface area contributed by atoms with Crippen LogP contribution in [0.5, 0.6) is 0 Å². The molecule has 1 aromatic carbocycles. The van der Waals surface area contributed by atoms with Crippen LogP contribution in [-0.2, 0) is 21.5 Å². The SMILES string of the molecule is CC(C)(C)c1nnc(NC(=O)C2CC(=O)N(Cc3ccc(F)cc3)C2)s1. The van der Waals surface area contributed by atoms with Crippen molar-refractivity contribution in [2.45, 2.75) is 39.2 Å². The molecule has 0 radical (unpaired) electrons. The third kappa shape index (κ3) is 4.24. The molecule has 6 nitrogen and oxygen atoms in total. The van der Waals surface area contributed by atoms with Crippen molar-refractivity contribution < 1.29 is 14.0 Å². The molecular formula is C18H21FN4O2S. The molecule has 1 aromatic heterocycles. The molecule has 0 spiro atoms. The van der Waals surface area contributed by atoms with E-state index in [4.69, 9.17) is 0 Å². The van der Waals surface area contributed by atoms with Crippen LogP contribution >= 0.6 is 11.3 Å². The molecule has 1 atom stereocenters. The molecule has 8 heteroatoms. The van der Waals surface area contributed by atoms with Crippen molar-refractivity contribution in [3.63, 3.8) is 0 Å². The average Bonchev–Trinajstić information content (AvgIpc) is 3.17. The molecule has 2 amide bonds. The van der Waals surface area contributed by atoms with Gasteiger partial charge in [0.2, 0.25) is 16.9 Å². The van der Waals surface area contributed by atoms with E-state index in [0.717, 1.165) is 10.6 Å². The molecule has 3 rings (SSSR count). The van der Waals surface area contributed by atoms with Gasteiger partial charge in [-0.25, -0.2) is 4.39 Å². The Morgan fingerprint density at radius 3 is 2.62 bits per heavy atom. The van der Waals surface area contributed by atoms with Crippen LogP contribution in [-0.4, -0.2) is 33.5 Å². The van der Waals surface area contributed by atoms with Gasteiger partial charge in [-0.05, 0) is 17.7 Å². The van der Waals surface area contributed by atoms with E-state index < -0.39 is 5.92 Å². The molecular weight excluding hydrogens is 355 g/mol. The Labute approximate surface area is 155 Å². The fourth-order valence-electron chi connectivity index (χ4n) is 2.70. The number of nitrogens with zero attached hydrogens (tertiary/aromatic N) is 3. The number of aromatic nitrogens is 2. The first-order valence-electron chi connectivity index (χ1n) is 8.39. The van der Waals surface area contributed by atoms with Crippen molar-refractivity contribution in [2.24, 2.45) is 5.92 Å². The van der Waals surface area contributed by atoms with Crippen molar-refractivity contribution in [3.05, 3.63) is 40.7 Å². The number of hydrogen-bond donors (Lipinski definition) is 1. The molecule has 0 bridgehead atoms. The van der Waals surface area contributed by atoms with Gasteiger partial charge in [0, 0.05) is 24.9 Å². The average molecular weight is 376 g/mol. The summed E-state index contributed by atoms with van der Waals surface area (Å²) in [4.78, 5) is 26.3. The molecule has 1 unspecified atom stereocenters. The lowest BCUT2D eigenvalue weighted by Crippen LogP contribution is -2.28. The van der Waals surface area contributed by atoms with E-state index >= 15 is 0 Å². The van der Waals surface area contributed by atoms with Gasteiger partial charge in [0.1, 0.15) is 10.8 Å². The highest BCUT2D eigenvalue weighted by molar-refractivity contribution is 7.15. The van der Waals surface area contributed by atoms with Crippen molar-refractivity contribution >= 4 is 28.3 Å². The molecule has 1 saturated heterocycles. The van der Waals surface area contributed by atoms with Crippen LogP contribution in [0.15, 0.2) is 24.3 Å². The Morgan fingerprint density at radius 2 is 2.00 bits per heavy atom. The summed E-state index contributed by atoms with van der Waals surface area (Å²) in [5.41, 5.74) is 0.704. The van der Waals surface area contributed by atoms with E-state index in [1.165, 1.54) is 23.5 Å². The van der Waals surface area contributed by atoms with E-state index in [-0.39, 0.29) is 29.5 Å². The summed E-state index contributed by atoms with van der Waals surface area (Å²) in [7, 11) is 0. The fourth-order valence-corrected chi connectivity index (χ4v) is 3.50. The van der Waals surface area contributed by atoms with Crippen molar-refractivity contribution in [1.29, 1.82) is 0 Å². The molecule has 0 saturated carbocycles. The summed E-state index contributed by atoms with van der Waals surface area (Å²) < 4.78 is 13.0. The highest BCUT2D eigenvalue weighted by Gasteiger charge is 2.34. The van der Waals surface area contributed by atoms with Gasteiger partial charge in [0.25, 0.3) is 0 Å². The maximum absolute atomic E-state index is 13.0. The monoisotopic (exact) mass is 376 g/mol. The van der Waals surface area contributed by atoms with Gasteiger partial charge >= 0.3 is 0 Å². The second kappa shape index (κ2) is 7.11. The Morgan fingerprint density at radius 1 is 1.31 bits per heavy atom. The molecule has 2 heterocycles. The van der Waals surface area contributed by atoms with Crippen LogP contribution in [0.25, 0.3) is 0 Å². The second-order valence-corrected chi connectivity index (χ2v) is 8.43. The molecule has 138 valence electrons. The van der Waals surface area contributed by atoms with Crippen LogP contribution in [0.2, 0.25) is 0 Å². The van der Waals surface area contributed by atoms with Crippen molar-refractivity contribution in [2.75, 3.05) is 11.9 Å². The van der Waals surface area contributed by atoms with E-state index in [1.54, 1.807) is 17.0 Å². The first-order valence-corrected chi connectivity index (χ1v) is 9.21. The first-order chi connectivity index (χ1) is 12.2. The van der Waals surface area contributed by atoms with Crippen LogP contribution in [0.1, 0.15) is 37.8 Å². The summed E-state index contributed by atoms with van der Waals surface area (Å²) in [5, 5.41) is 12.2. The molecule has 1 aliphatic rings. The zero-order chi connectivity index (χ0) is 18.9. The quantitative estimate of drug-likeness (QED) is 0.890. The number of amides is 2. The van der Waals surface area contributed by atoms with E-state index in [0.29, 0.717) is 18.2 Å².